The summed E-state index contributed by atoms with van der Waals surface area (Å²) in [6.07, 6.45) is 5.94. The van der Waals surface area contributed by atoms with Crippen molar-refractivity contribution >= 4 is 23.5 Å². The van der Waals surface area contributed by atoms with Crippen molar-refractivity contribution in [1.82, 2.24) is 24.4 Å². The highest BCUT2D eigenvalue weighted by atomic mass is 16.4. The van der Waals surface area contributed by atoms with Crippen molar-refractivity contribution in [2.24, 2.45) is 5.92 Å². The van der Waals surface area contributed by atoms with Crippen LogP contribution in [-0.4, -0.2) is 78.1 Å². The number of aliphatic carboxylic acids is 1. The Hall–Kier alpha value is -3.01. The predicted octanol–water partition coefficient (Wildman–Crippen LogP) is 0.325. The first-order valence-electron chi connectivity index (χ1n) is 9.09. The summed E-state index contributed by atoms with van der Waals surface area (Å²) in [5.41, 5.74) is 0.624. The van der Waals surface area contributed by atoms with E-state index >= 15 is 0 Å². The van der Waals surface area contributed by atoms with Gasteiger partial charge in [-0.25, -0.2) is 14.3 Å². The second kappa shape index (κ2) is 6.55. The Kier molecular flexibility index (Phi) is 4.30. The van der Waals surface area contributed by atoms with Crippen LogP contribution in [0.3, 0.4) is 0 Å². The molecule has 10 nitrogen and oxygen atoms in total. The van der Waals surface area contributed by atoms with Gasteiger partial charge in [-0.1, -0.05) is 0 Å². The number of carboxylic acids is 2. The molecule has 2 aliphatic rings. The van der Waals surface area contributed by atoms with Crippen LogP contribution < -0.4 is 0 Å². The van der Waals surface area contributed by atoms with Crippen molar-refractivity contribution in [3.63, 3.8) is 0 Å². The molecular formula is C18H21N5O5. The Labute approximate surface area is 160 Å². The molecule has 2 N–H and O–H groups in total. The second-order valence-corrected chi connectivity index (χ2v) is 7.52. The van der Waals surface area contributed by atoms with E-state index in [2.05, 4.69) is 15.0 Å². The standard InChI is InChI=1S/C18H21N5O5/c1-21-14(24)6-13(17(27)28)18(21)2-4-22(5-3-18)9-11-7-19-15-12(16(25)26)8-20-23(15)10-11/h7-8,10,13H,2-6,9H2,1H3,(H,25,26)(H,27,28)/t13-/m0/s1. The Morgan fingerprint density at radius 2 is 1.96 bits per heavy atom. The lowest BCUT2D eigenvalue weighted by Gasteiger charge is -2.45. The number of hydrogen-bond donors (Lipinski definition) is 2. The molecule has 0 unspecified atom stereocenters. The minimum absolute atomic E-state index is 0.0557. The number of carboxylic acid groups (broad SMARTS) is 2. The van der Waals surface area contributed by atoms with Crippen molar-refractivity contribution < 1.29 is 24.6 Å². The van der Waals surface area contributed by atoms with Gasteiger partial charge in [0.1, 0.15) is 5.56 Å². The lowest BCUT2D eigenvalue weighted by Crippen LogP contribution is -2.55. The van der Waals surface area contributed by atoms with E-state index < -0.39 is 23.4 Å². The molecule has 0 bridgehead atoms. The first-order valence-corrected chi connectivity index (χ1v) is 9.09. The topological polar surface area (TPSA) is 128 Å². The number of carbonyl (C=O) groups excluding carboxylic acids is 1. The quantitative estimate of drug-likeness (QED) is 0.768. The summed E-state index contributed by atoms with van der Waals surface area (Å²) in [5.74, 6) is -2.75. The van der Waals surface area contributed by atoms with E-state index in [0.29, 0.717) is 38.1 Å². The van der Waals surface area contributed by atoms with Crippen LogP contribution in [0.15, 0.2) is 18.6 Å². The number of hydrogen-bond acceptors (Lipinski definition) is 6. The highest BCUT2D eigenvalue weighted by Crippen LogP contribution is 2.42. The van der Waals surface area contributed by atoms with Gasteiger partial charge in [-0.2, -0.15) is 5.10 Å². The molecule has 2 saturated heterocycles. The van der Waals surface area contributed by atoms with Crippen LogP contribution in [0.4, 0.5) is 0 Å². The number of rotatable bonds is 4. The molecule has 0 aromatic carbocycles. The van der Waals surface area contributed by atoms with E-state index in [1.54, 1.807) is 24.3 Å². The largest absolute Gasteiger partial charge is 0.481 e. The maximum absolute atomic E-state index is 12.1. The van der Waals surface area contributed by atoms with Crippen LogP contribution in [0.25, 0.3) is 5.65 Å². The zero-order chi connectivity index (χ0) is 20.1. The average Bonchev–Trinajstić information content (AvgIpc) is 3.18. The smallest absolute Gasteiger partial charge is 0.341 e. The van der Waals surface area contributed by atoms with Gasteiger partial charge in [-0.3, -0.25) is 14.5 Å². The van der Waals surface area contributed by atoms with Crippen LogP contribution in [-0.2, 0) is 16.1 Å². The zero-order valence-corrected chi connectivity index (χ0v) is 15.4. The van der Waals surface area contributed by atoms with Gasteiger partial charge in [0, 0.05) is 51.1 Å². The lowest BCUT2D eigenvalue weighted by molar-refractivity contribution is -0.146. The van der Waals surface area contributed by atoms with E-state index in [1.165, 1.54) is 10.7 Å². The number of likely N-dealkylation sites (tertiary alicyclic amines) is 2. The molecule has 4 rings (SSSR count). The summed E-state index contributed by atoms with van der Waals surface area (Å²) in [4.78, 5) is 42.9. The first kappa shape index (κ1) is 18.4. The van der Waals surface area contributed by atoms with Gasteiger partial charge in [-0.15, -0.1) is 0 Å². The summed E-state index contributed by atoms with van der Waals surface area (Å²) in [5, 5.41) is 22.7. The fourth-order valence-corrected chi connectivity index (χ4v) is 4.49. The van der Waals surface area contributed by atoms with E-state index in [1.807, 2.05) is 0 Å². The third-order valence-corrected chi connectivity index (χ3v) is 6.14. The Balaban J connectivity index is 1.47. The Morgan fingerprint density at radius 1 is 1.25 bits per heavy atom. The Morgan fingerprint density at radius 3 is 2.61 bits per heavy atom. The van der Waals surface area contributed by atoms with Gasteiger partial charge in [0.25, 0.3) is 0 Å². The molecule has 28 heavy (non-hydrogen) atoms. The van der Waals surface area contributed by atoms with Crippen LogP contribution in [0.1, 0.15) is 35.2 Å². The van der Waals surface area contributed by atoms with Crippen molar-refractivity contribution in [2.75, 3.05) is 20.1 Å². The third-order valence-electron chi connectivity index (χ3n) is 6.14. The normalized spacial score (nSPS) is 22.2. The van der Waals surface area contributed by atoms with Crippen molar-refractivity contribution in [2.45, 2.75) is 31.3 Å². The molecular weight excluding hydrogens is 366 g/mol. The van der Waals surface area contributed by atoms with E-state index in [9.17, 15) is 19.5 Å². The molecule has 0 radical (unpaired) electrons. The summed E-state index contributed by atoms with van der Waals surface area (Å²) in [6, 6.07) is 0. The SMILES string of the molecule is CN1C(=O)C[C@@H](C(=O)O)C12CCN(Cc1cnc3c(C(=O)O)cnn3c1)CC2. The fraction of sp³-hybridized carbons (Fsp3) is 0.500. The van der Waals surface area contributed by atoms with Crippen LogP contribution in [0.2, 0.25) is 0 Å². The molecule has 0 saturated carbocycles. The third kappa shape index (κ3) is 2.80. The summed E-state index contributed by atoms with van der Waals surface area (Å²) in [7, 11) is 1.70. The number of fused-ring (bicyclic) bond motifs is 1. The summed E-state index contributed by atoms with van der Waals surface area (Å²) in [6.45, 7) is 1.93. The second-order valence-electron chi connectivity index (χ2n) is 7.52. The molecule has 1 spiro atoms. The Bertz CT molecular complexity index is 962. The molecule has 4 heterocycles. The zero-order valence-electron chi connectivity index (χ0n) is 15.4. The van der Waals surface area contributed by atoms with Crippen LogP contribution in [0, 0.1) is 5.92 Å². The van der Waals surface area contributed by atoms with Gasteiger partial charge in [-0.05, 0) is 12.8 Å². The number of piperidine rings is 1. The molecule has 0 aliphatic carbocycles. The van der Waals surface area contributed by atoms with Crippen molar-refractivity contribution in [3.8, 4) is 0 Å². The number of nitrogens with zero attached hydrogens (tertiary/aromatic N) is 5. The predicted molar refractivity (Wildman–Crippen MR) is 95.7 cm³/mol. The highest BCUT2D eigenvalue weighted by molar-refractivity contribution is 5.94. The number of amides is 1. The minimum Gasteiger partial charge on any atom is -0.481 e. The molecule has 1 atom stereocenters. The lowest BCUT2D eigenvalue weighted by atomic mass is 9.77. The molecule has 148 valence electrons. The average molecular weight is 387 g/mol. The van der Waals surface area contributed by atoms with Gasteiger partial charge in [0.15, 0.2) is 5.65 Å². The number of aromatic nitrogens is 3. The molecule has 2 aromatic rings. The maximum atomic E-state index is 12.1. The maximum Gasteiger partial charge on any atom is 0.341 e. The van der Waals surface area contributed by atoms with Gasteiger partial charge in [0.2, 0.25) is 5.91 Å². The van der Waals surface area contributed by atoms with Crippen LogP contribution in [0.5, 0.6) is 0 Å². The minimum atomic E-state index is -1.07. The molecule has 2 fully saturated rings. The van der Waals surface area contributed by atoms with E-state index in [0.717, 1.165) is 5.56 Å². The van der Waals surface area contributed by atoms with Gasteiger partial charge < -0.3 is 15.1 Å². The molecule has 1 amide bonds. The van der Waals surface area contributed by atoms with Gasteiger partial charge >= 0.3 is 11.9 Å². The fourth-order valence-electron chi connectivity index (χ4n) is 4.49. The van der Waals surface area contributed by atoms with Crippen molar-refractivity contribution in [1.29, 1.82) is 0 Å². The van der Waals surface area contributed by atoms with Gasteiger partial charge in [0.05, 0.1) is 17.7 Å². The molecule has 2 aromatic heterocycles. The summed E-state index contributed by atoms with van der Waals surface area (Å²) < 4.78 is 1.45. The summed E-state index contributed by atoms with van der Waals surface area (Å²) >= 11 is 0. The van der Waals surface area contributed by atoms with Crippen molar-refractivity contribution in [3.05, 3.63) is 29.7 Å². The van der Waals surface area contributed by atoms with E-state index in [4.69, 9.17) is 5.11 Å². The highest BCUT2D eigenvalue weighted by Gasteiger charge is 2.55. The van der Waals surface area contributed by atoms with E-state index in [-0.39, 0.29) is 17.9 Å². The molecule has 10 heteroatoms. The first-order chi connectivity index (χ1) is 13.3. The number of aromatic carboxylic acids is 1. The monoisotopic (exact) mass is 387 g/mol. The van der Waals surface area contributed by atoms with Crippen LogP contribution >= 0.6 is 0 Å². The molecule has 2 aliphatic heterocycles. The number of carbonyl (C=O) groups is 3.